The molecular formula is C17H21BrN2O. The predicted molar refractivity (Wildman–Crippen MR) is 89.4 cm³/mol. The maximum Gasteiger partial charge on any atom is 0.123 e. The van der Waals surface area contributed by atoms with Gasteiger partial charge < -0.3 is 14.6 Å². The molecule has 0 aliphatic heterocycles. The van der Waals surface area contributed by atoms with E-state index in [-0.39, 0.29) is 0 Å². The van der Waals surface area contributed by atoms with Crippen LogP contribution >= 0.6 is 15.9 Å². The first-order chi connectivity index (χ1) is 10.3. The lowest BCUT2D eigenvalue weighted by molar-refractivity contribution is 0.501. The lowest BCUT2D eigenvalue weighted by Crippen LogP contribution is -2.24. The highest BCUT2D eigenvalue weighted by atomic mass is 79.9. The molecular weight excluding hydrogens is 328 g/mol. The van der Waals surface area contributed by atoms with Crippen molar-refractivity contribution in [1.82, 2.24) is 5.32 Å². The van der Waals surface area contributed by atoms with Crippen molar-refractivity contribution in [2.45, 2.75) is 38.9 Å². The second-order valence-corrected chi connectivity index (χ2v) is 6.35. The molecule has 21 heavy (non-hydrogen) atoms. The van der Waals surface area contributed by atoms with Crippen LogP contribution in [0.2, 0.25) is 0 Å². The summed E-state index contributed by atoms with van der Waals surface area (Å²) < 4.78 is 6.68. The summed E-state index contributed by atoms with van der Waals surface area (Å²) in [5.41, 5.74) is 2.57. The van der Waals surface area contributed by atoms with Gasteiger partial charge in [-0.05, 0) is 49.2 Å². The van der Waals surface area contributed by atoms with Crippen molar-refractivity contribution in [2.24, 2.45) is 0 Å². The summed E-state index contributed by atoms with van der Waals surface area (Å²) in [6, 6.07) is 11.3. The van der Waals surface area contributed by atoms with E-state index in [0.717, 1.165) is 25.4 Å². The van der Waals surface area contributed by atoms with Gasteiger partial charge in [-0.25, -0.2) is 0 Å². The molecule has 3 rings (SSSR count). The first-order valence-electron chi connectivity index (χ1n) is 7.56. The maximum absolute atomic E-state index is 5.51. The van der Waals surface area contributed by atoms with Crippen LogP contribution in [0.1, 0.15) is 31.1 Å². The van der Waals surface area contributed by atoms with E-state index in [1.807, 2.05) is 12.1 Å². The summed E-state index contributed by atoms with van der Waals surface area (Å²) in [4.78, 5) is 2.45. The highest BCUT2D eigenvalue weighted by Gasteiger charge is 2.30. The molecule has 0 amide bonds. The normalized spacial score (nSPS) is 14.4. The van der Waals surface area contributed by atoms with Crippen LogP contribution in [-0.4, -0.2) is 12.6 Å². The van der Waals surface area contributed by atoms with Gasteiger partial charge in [0.2, 0.25) is 0 Å². The van der Waals surface area contributed by atoms with Crippen LogP contribution in [0.4, 0.5) is 5.69 Å². The molecule has 1 aliphatic rings. The SMILES string of the molecule is CCNCc1ccc(N(Cc2ccco2)C2CC2)cc1Br. The molecule has 2 aromatic rings. The molecule has 112 valence electrons. The van der Waals surface area contributed by atoms with E-state index in [1.165, 1.54) is 28.6 Å². The zero-order chi connectivity index (χ0) is 14.7. The van der Waals surface area contributed by atoms with E-state index in [1.54, 1.807) is 6.26 Å². The van der Waals surface area contributed by atoms with Gasteiger partial charge >= 0.3 is 0 Å². The van der Waals surface area contributed by atoms with E-state index in [0.29, 0.717) is 6.04 Å². The fraction of sp³-hybridized carbons (Fsp3) is 0.412. The van der Waals surface area contributed by atoms with Crippen LogP contribution in [-0.2, 0) is 13.1 Å². The van der Waals surface area contributed by atoms with E-state index in [9.17, 15) is 0 Å². The van der Waals surface area contributed by atoms with Crippen molar-refractivity contribution >= 4 is 21.6 Å². The monoisotopic (exact) mass is 348 g/mol. The molecule has 0 bridgehead atoms. The maximum atomic E-state index is 5.51. The van der Waals surface area contributed by atoms with Gasteiger partial charge in [0.25, 0.3) is 0 Å². The first kappa shape index (κ1) is 14.7. The van der Waals surface area contributed by atoms with E-state index >= 15 is 0 Å². The zero-order valence-electron chi connectivity index (χ0n) is 12.3. The predicted octanol–water partition coefficient (Wildman–Crippen LogP) is 4.32. The number of nitrogens with zero attached hydrogens (tertiary/aromatic N) is 1. The Labute approximate surface area is 134 Å². The van der Waals surface area contributed by atoms with Gasteiger partial charge in [0.05, 0.1) is 12.8 Å². The Bertz CT molecular complexity index is 578. The summed E-state index contributed by atoms with van der Waals surface area (Å²) in [6.45, 7) is 4.86. The van der Waals surface area contributed by atoms with Crippen molar-refractivity contribution in [2.75, 3.05) is 11.4 Å². The molecule has 4 heteroatoms. The van der Waals surface area contributed by atoms with Gasteiger partial charge in [-0.1, -0.05) is 28.9 Å². The minimum Gasteiger partial charge on any atom is -0.467 e. The summed E-state index contributed by atoms with van der Waals surface area (Å²) >= 11 is 3.70. The number of rotatable bonds is 7. The lowest BCUT2D eigenvalue weighted by atomic mass is 10.2. The Kier molecular flexibility index (Phi) is 4.66. The van der Waals surface area contributed by atoms with E-state index in [4.69, 9.17) is 4.42 Å². The Morgan fingerprint density at radius 2 is 2.19 bits per heavy atom. The first-order valence-corrected chi connectivity index (χ1v) is 8.35. The van der Waals surface area contributed by atoms with Gasteiger partial charge in [0.1, 0.15) is 5.76 Å². The Morgan fingerprint density at radius 1 is 1.33 bits per heavy atom. The van der Waals surface area contributed by atoms with Crippen LogP contribution in [0.15, 0.2) is 45.5 Å². The third kappa shape index (κ3) is 3.69. The molecule has 1 aromatic carbocycles. The van der Waals surface area contributed by atoms with Crippen molar-refractivity contribution in [3.8, 4) is 0 Å². The molecule has 0 unspecified atom stereocenters. The van der Waals surface area contributed by atoms with Crippen LogP contribution in [0.25, 0.3) is 0 Å². The molecule has 0 spiro atoms. The van der Waals surface area contributed by atoms with Crippen molar-refractivity contribution in [3.05, 3.63) is 52.4 Å². The zero-order valence-corrected chi connectivity index (χ0v) is 13.9. The fourth-order valence-corrected chi connectivity index (χ4v) is 3.01. The van der Waals surface area contributed by atoms with Crippen molar-refractivity contribution < 1.29 is 4.42 Å². The van der Waals surface area contributed by atoms with Gasteiger partial charge in [-0.15, -0.1) is 0 Å². The second kappa shape index (κ2) is 6.67. The fourth-order valence-electron chi connectivity index (χ4n) is 2.51. The molecule has 0 saturated heterocycles. The highest BCUT2D eigenvalue weighted by Crippen LogP contribution is 2.35. The number of hydrogen-bond acceptors (Lipinski definition) is 3. The molecule has 0 atom stereocenters. The van der Waals surface area contributed by atoms with Crippen molar-refractivity contribution in [1.29, 1.82) is 0 Å². The lowest BCUT2D eigenvalue weighted by Gasteiger charge is -2.24. The van der Waals surface area contributed by atoms with Crippen LogP contribution < -0.4 is 10.2 Å². The summed E-state index contributed by atoms with van der Waals surface area (Å²) in [7, 11) is 0. The third-order valence-electron chi connectivity index (χ3n) is 3.83. The third-order valence-corrected chi connectivity index (χ3v) is 4.57. The molecule has 1 N–H and O–H groups in total. The molecule has 1 saturated carbocycles. The summed E-state index contributed by atoms with van der Waals surface area (Å²) in [5, 5.41) is 3.37. The second-order valence-electron chi connectivity index (χ2n) is 5.49. The van der Waals surface area contributed by atoms with Gasteiger partial charge in [-0.3, -0.25) is 0 Å². The summed E-state index contributed by atoms with van der Waals surface area (Å²) in [6.07, 6.45) is 4.30. The molecule has 3 nitrogen and oxygen atoms in total. The topological polar surface area (TPSA) is 28.4 Å². The minimum absolute atomic E-state index is 0.654. The number of furan rings is 1. The highest BCUT2D eigenvalue weighted by molar-refractivity contribution is 9.10. The van der Waals surface area contributed by atoms with Gasteiger partial charge in [0, 0.05) is 22.7 Å². The van der Waals surface area contributed by atoms with Crippen LogP contribution in [0.3, 0.4) is 0 Å². The standard InChI is InChI=1S/C17H21BrN2O/c1-2-19-11-13-5-6-15(10-17(13)18)20(14-7-8-14)12-16-4-3-9-21-16/h3-6,9-10,14,19H,2,7-8,11-12H2,1H3. The quantitative estimate of drug-likeness (QED) is 0.807. The van der Waals surface area contributed by atoms with Crippen LogP contribution in [0.5, 0.6) is 0 Å². The molecule has 1 aromatic heterocycles. The number of nitrogens with one attached hydrogen (secondary N) is 1. The molecule has 1 heterocycles. The number of halogens is 1. The van der Waals surface area contributed by atoms with E-state index in [2.05, 4.69) is 51.3 Å². The van der Waals surface area contributed by atoms with Gasteiger partial charge in [0.15, 0.2) is 0 Å². The Hall–Kier alpha value is -1.26. The Morgan fingerprint density at radius 3 is 2.81 bits per heavy atom. The molecule has 1 fully saturated rings. The molecule has 0 radical (unpaired) electrons. The average Bonchev–Trinajstić information content (AvgIpc) is 3.20. The average molecular weight is 349 g/mol. The number of benzene rings is 1. The smallest absolute Gasteiger partial charge is 0.123 e. The van der Waals surface area contributed by atoms with Gasteiger partial charge in [-0.2, -0.15) is 0 Å². The minimum atomic E-state index is 0.654. The largest absolute Gasteiger partial charge is 0.467 e. The van der Waals surface area contributed by atoms with Crippen molar-refractivity contribution in [3.63, 3.8) is 0 Å². The Balaban J connectivity index is 1.77. The molecule has 1 aliphatic carbocycles. The number of anilines is 1. The summed E-state index contributed by atoms with van der Waals surface area (Å²) in [5.74, 6) is 1.02. The number of hydrogen-bond donors (Lipinski definition) is 1. The van der Waals surface area contributed by atoms with Crippen LogP contribution in [0, 0.1) is 0 Å². The van der Waals surface area contributed by atoms with E-state index < -0.39 is 0 Å².